The molecule has 0 aromatic carbocycles. The van der Waals surface area contributed by atoms with Crippen LogP contribution >= 0.6 is 11.3 Å². The molecule has 1 spiro atoms. The summed E-state index contributed by atoms with van der Waals surface area (Å²) in [6.45, 7) is 0.158. The van der Waals surface area contributed by atoms with Crippen molar-refractivity contribution in [3.63, 3.8) is 0 Å². The number of sulfonamides is 1. The van der Waals surface area contributed by atoms with Crippen LogP contribution in [0.5, 0.6) is 0 Å². The van der Waals surface area contributed by atoms with Gasteiger partial charge < -0.3 is 10.1 Å². The van der Waals surface area contributed by atoms with Crippen molar-refractivity contribution in [3.8, 4) is 0 Å². The van der Waals surface area contributed by atoms with Gasteiger partial charge in [0.15, 0.2) is 0 Å². The zero-order valence-electron chi connectivity index (χ0n) is 14.8. The maximum atomic E-state index is 12.5. The third-order valence-electron chi connectivity index (χ3n) is 4.84. The van der Waals surface area contributed by atoms with Gasteiger partial charge in [-0.25, -0.2) is 22.7 Å². The van der Waals surface area contributed by atoms with Gasteiger partial charge >= 0.3 is 12.0 Å². The van der Waals surface area contributed by atoms with Crippen LogP contribution in [0.25, 0.3) is 0 Å². The van der Waals surface area contributed by atoms with Crippen LogP contribution in [0.15, 0.2) is 16.3 Å². The molecule has 148 valence electrons. The number of carbonyl (C=O) groups is 3. The van der Waals surface area contributed by atoms with Gasteiger partial charge in [0.05, 0.1) is 7.11 Å². The van der Waals surface area contributed by atoms with Gasteiger partial charge in [0.1, 0.15) is 15.3 Å². The van der Waals surface area contributed by atoms with Gasteiger partial charge in [-0.05, 0) is 30.7 Å². The molecule has 0 bridgehead atoms. The number of carbonyl (C=O) groups excluding carboxylic acids is 3. The second-order valence-corrected chi connectivity index (χ2v) is 9.18. The van der Waals surface area contributed by atoms with E-state index in [2.05, 4.69) is 14.8 Å². The van der Waals surface area contributed by atoms with E-state index in [0.29, 0.717) is 12.8 Å². The van der Waals surface area contributed by atoms with Crippen LogP contribution in [-0.4, -0.2) is 57.0 Å². The molecule has 1 saturated carbocycles. The summed E-state index contributed by atoms with van der Waals surface area (Å²) >= 11 is 0.980. The highest BCUT2D eigenvalue weighted by Gasteiger charge is 2.52. The first-order valence-electron chi connectivity index (χ1n) is 8.60. The SMILES string of the molecule is COC(=O)c1sccc1S(=O)(=O)NCCCN1C(=O)NC2(CCCC2)C1=O. The van der Waals surface area contributed by atoms with Gasteiger partial charge in [-0.15, -0.1) is 11.3 Å². The summed E-state index contributed by atoms with van der Waals surface area (Å²) in [5, 5.41) is 4.28. The predicted molar refractivity (Wildman–Crippen MR) is 96.9 cm³/mol. The third-order valence-corrected chi connectivity index (χ3v) is 7.37. The Balaban J connectivity index is 1.56. The first-order chi connectivity index (χ1) is 12.8. The van der Waals surface area contributed by atoms with E-state index in [4.69, 9.17) is 0 Å². The van der Waals surface area contributed by atoms with Crippen molar-refractivity contribution in [3.05, 3.63) is 16.3 Å². The predicted octanol–water partition coefficient (Wildman–Crippen LogP) is 1.07. The maximum Gasteiger partial charge on any atom is 0.349 e. The first kappa shape index (κ1) is 19.8. The largest absolute Gasteiger partial charge is 0.465 e. The van der Waals surface area contributed by atoms with Crippen molar-refractivity contribution in [2.45, 2.75) is 42.5 Å². The average molecular weight is 415 g/mol. The van der Waals surface area contributed by atoms with Crippen LogP contribution in [0.3, 0.4) is 0 Å². The van der Waals surface area contributed by atoms with Crippen LogP contribution in [-0.2, 0) is 19.6 Å². The quantitative estimate of drug-likeness (QED) is 0.390. The summed E-state index contributed by atoms with van der Waals surface area (Å²) in [4.78, 5) is 37.3. The molecule has 1 aromatic rings. The maximum absolute atomic E-state index is 12.5. The van der Waals surface area contributed by atoms with Gasteiger partial charge in [0.25, 0.3) is 5.91 Å². The van der Waals surface area contributed by atoms with E-state index in [1.165, 1.54) is 18.6 Å². The van der Waals surface area contributed by atoms with E-state index in [-0.39, 0.29) is 35.2 Å². The number of methoxy groups -OCH3 is 1. The lowest BCUT2D eigenvalue weighted by Crippen LogP contribution is -2.44. The first-order valence-corrected chi connectivity index (χ1v) is 11.0. The molecule has 0 atom stereocenters. The van der Waals surface area contributed by atoms with Crippen LogP contribution in [0.2, 0.25) is 0 Å². The number of urea groups is 1. The molecule has 2 fully saturated rings. The molecule has 1 aliphatic carbocycles. The molecule has 3 rings (SSSR count). The summed E-state index contributed by atoms with van der Waals surface area (Å²) in [7, 11) is -2.71. The lowest BCUT2D eigenvalue weighted by atomic mass is 9.98. The molecule has 2 N–H and O–H groups in total. The Morgan fingerprint density at radius 2 is 2.07 bits per heavy atom. The summed E-state index contributed by atoms with van der Waals surface area (Å²) in [5.74, 6) is -0.940. The number of esters is 1. The summed E-state index contributed by atoms with van der Waals surface area (Å²) in [6, 6.07) is 0.913. The number of thiophene rings is 1. The fourth-order valence-corrected chi connectivity index (χ4v) is 5.88. The summed E-state index contributed by atoms with van der Waals surface area (Å²) in [5.41, 5.74) is -0.761. The molecule has 1 aliphatic heterocycles. The highest BCUT2D eigenvalue weighted by molar-refractivity contribution is 7.89. The van der Waals surface area contributed by atoms with Gasteiger partial charge in [0.2, 0.25) is 10.0 Å². The monoisotopic (exact) mass is 415 g/mol. The Bertz CT molecular complexity index is 857. The van der Waals surface area contributed by atoms with Gasteiger partial charge in [0, 0.05) is 13.1 Å². The van der Waals surface area contributed by atoms with Crippen molar-refractivity contribution in [2.75, 3.05) is 20.2 Å². The molecule has 3 amide bonds. The Labute approximate surface area is 161 Å². The molecule has 1 aromatic heterocycles. The van der Waals surface area contributed by atoms with Crippen molar-refractivity contribution in [2.24, 2.45) is 0 Å². The standard InChI is InChI=1S/C16H21N3O6S2/c1-25-13(20)12-11(5-10-26-12)27(23,24)17-8-4-9-19-14(21)16(18-15(19)22)6-2-3-7-16/h5,10,17H,2-4,6-9H2,1H3,(H,18,22). The molecule has 27 heavy (non-hydrogen) atoms. The summed E-state index contributed by atoms with van der Waals surface area (Å²) in [6.07, 6.45) is 3.38. The highest BCUT2D eigenvalue weighted by atomic mass is 32.2. The smallest absolute Gasteiger partial charge is 0.349 e. The van der Waals surface area contributed by atoms with Gasteiger partial charge in [-0.2, -0.15) is 0 Å². The number of nitrogens with zero attached hydrogens (tertiary/aromatic N) is 1. The van der Waals surface area contributed by atoms with E-state index in [9.17, 15) is 22.8 Å². The average Bonchev–Trinajstić information content (AvgIpc) is 3.34. The van der Waals surface area contributed by atoms with Crippen LogP contribution in [0, 0.1) is 0 Å². The van der Waals surface area contributed by atoms with E-state index < -0.39 is 27.6 Å². The molecule has 1 saturated heterocycles. The van der Waals surface area contributed by atoms with Crippen molar-refractivity contribution >= 4 is 39.3 Å². The zero-order valence-corrected chi connectivity index (χ0v) is 16.5. The summed E-state index contributed by atoms with van der Waals surface area (Å²) < 4.78 is 31.8. The zero-order chi connectivity index (χ0) is 19.7. The third kappa shape index (κ3) is 3.71. The lowest BCUT2D eigenvalue weighted by molar-refractivity contribution is -0.131. The normalized spacial score (nSPS) is 18.9. The van der Waals surface area contributed by atoms with Crippen LogP contribution in [0.4, 0.5) is 4.79 Å². The molecule has 2 aliphatic rings. The Hall–Kier alpha value is -1.98. The van der Waals surface area contributed by atoms with Crippen LogP contribution in [0.1, 0.15) is 41.8 Å². The minimum absolute atomic E-state index is 0.00211. The number of hydrogen-bond donors (Lipinski definition) is 2. The number of amides is 3. The lowest BCUT2D eigenvalue weighted by Gasteiger charge is -2.20. The molecule has 0 radical (unpaired) electrons. The Kier molecular flexibility index (Phi) is 5.54. The van der Waals surface area contributed by atoms with Crippen LogP contribution < -0.4 is 10.0 Å². The molecule has 2 heterocycles. The number of ether oxygens (including phenoxy) is 1. The molecule has 0 unspecified atom stereocenters. The topological polar surface area (TPSA) is 122 Å². The highest BCUT2D eigenvalue weighted by Crippen LogP contribution is 2.35. The van der Waals surface area contributed by atoms with E-state index >= 15 is 0 Å². The molecular weight excluding hydrogens is 394 g/mol. The number of rotatable bonds is 7. The Morgan fingerprint density at radius 1 is 1.37 bits per heavy atom. The minimum Gasteiger partial charge on any atom is -0.465 e. The number of imide groups is 1. The molecule has 9 nitrogen and oxygen atoms in total. The Morgan fingerprint density at radius 3 is 2.74 bits per heavy atom. The fourth-order valence-electron chi connectivity index (χ4n) is 3.47. The van der Waals surface area contributed by atoms with E-state index in [1.807, 2.05) is 0 Å². The van der Waals surface area contributed by atoms with Crippen molar-refractivity contribution in [1.82, 2.24) is 14.9 Å². The second kappa shape index (κ2) is 7.56. The fraction of sp³-hybridized carbons (Fsp3) is 0.562. The van der Waals surface area contributed by atoms with Gasteiger partial charge in [-0.3, -0.25) is 9.69 Å². The van der Waals surface area contributed by atoms with E-state index in [0.717, 1.165) is 29.1 Å². The number of nitrogens with one attached hydrogen (secondary N) is 2. The van der Waals surface area contributed by atoms with Crippen molar-refractivity contribution < 1.29 is 27.5 Å². The van der Waals surface area contributed by atoms with E-state index in [1.54, 1.807) is 0 Å². The minimum atomic E-state index is -3.89. The molecular formula is C16H21N3O6S2. The second-order valence-electron chi connectivity index (χ2n) is 6.53. The molecule has 11 heteroatoms. The van der Waals surface area contributed by atoms with Crippen molar-refractivity contribution in [1.29, 1.82) is 0 Å². The van der Waals surface area contributed by atoms with Gasteiger partial charge in [-0.1, -0.05) is 12.8 Å². The number of hydrogen-bond acceptors (Lipinski definition) is 7.